The number of nitrogens with zero attached hydrogens (tertiary/aromatic N) is 2. The molecule has 1 aliphatic carbocycles. The molecule has 3 rings (SSSR count). The van der Waals surface area contributed by atoms with Gasteiger partial charge in [-0.15, -0.1) is 0 Å². The largest absolute Gasteiger partial charge is 0.481 e. The molecule has 1 saturated heterocycles. The lowest BCUT2D eigenvalue weighted by molar-refractivity contribution is -0.152. The Morgan fingerprint density at radius 3 is 2.07 bits per heavy atom. The lowest BCUT2D eigenvalue weighted by atomic mass is 9.78. The van der Waals surface area contributed by atoms with Crippen molar-refractivity contribution in [1.82, 2.24) is 9.21 Å². The molecule has 7 nitrogen and oxygen atoms in total. The number of amides is 1. The molecule has 2 fully saturated rings. The van der Waals surface area contributed by atoms with Gasteiger partial charge in [-0.3, -0.25) is 9.59 Å². The van der Waals surface area contributed by atoms with Gasteiger partial charge in [-0.1, -0.05) is 12.8 Å². The third-order valence-corrected chi connectivity index (χ3v) is 7.31. The summed E-state index contributed by atoms with van der Waals surface area (Å²) in [6.07, 6.45) is 2.71. The maximum atomic E-state index is 13.0. The lowest BCUT2D eigenvalue weighted by Gasteiger charge is -2.38. The number of carboxylic acids is 1. The molecule has 0 aromatic heterocycles. The molecule has 27 heavy (non-hydrogen) atoms. The van der Waals surface area contributed by atoms with E-state index in [0.29, 0.717) is 12.8 Å². The Balaban J connectivity index is 1.65. The van der Waals surface area contributed by atoms with E-state index in [1.54, 1.807) is 4.90 Å². The van der Waals surface area contributed by atoms with Gasteiger partial charge < -0.3 is 10.0 Å². The van der Waals surface area contributed by atoms with Crippen LogP contribution < -0.4 is 0 Å². The number of piperazine rings is 1. The first-order valence-electron chi connectivity index (χ1n) is 9.08. The van der Waals surface area contributed by atoms with Gasteiger partial charge in [0.05, 0.1) is 16.7 Å². The van der Waals surface area contributed by atoms with E-state index in [9.17, 15) is 27.5 Å². The number of carbonyl (C=O) groups excluding carboxylic acids is 1. The summed E-state index contributed by atoms with van der Waals surface area (Å²) >= 11 is 0. The first-order chi connectivity index (χ1) is 12.8. The predicted octanol–water partition coefficient (Wildman–Crippen LogP) is 1.55. The van der Waals surface area contributed by atoms with Crippen LogP contribution in [0.5, 0.6) is 0 Å². The zero-order valence-corrected chi connectivity index (χ0v) is 15.7. The van der Waals surface area contributed by atoms with Crippen LogP contribution in [0.3, 0.4) is 0 Å². The summed E-state index contributed by atoms with van der Waals surface area (Å²) in [5, 5.41) is 9.37. The number of halogens is 1. The van der Waals surface area contributed by atoms with Crippen LogP contribution in [0.4, 0.5) is 4.39 Å². The highest BCUT2D eigenvalue weighted by Gasteiger charge is 2.39. The molecule has 2 aliphatic rings. The molecular formula is C18H23FN2O5S. The minimum absolute atomic E-state index is 0.0156. The number of hydrogen-bond acceptors (Lipinski definition) is 4. The molecule has 1 saturated carbocycles. The van der Waals surface area contributed by atoms with Crippen LogP contribution in [0.2, 0.25) is 0 Å². The third-order valence-electron chi connectivity index (χ3n) is 5.40. The van der Waals surface area contributed by atoms with E-state index in [1.165, 1.54) is 16.4 Å². The molecule has 2 atom stereocenters. The van der Waals surface area contributed by atoms with Gasteiger partial charge in [-0.2, -0.15) is 4.31 Å². The van der Waals surface area contributed by atoms with E-state index in [-0.39, 0.29) is 37.0 Å². The van der Waals surface area contributed by atoms with Gasteiger partial charge in [0, 0.05) is 26.2 Å². The highest BCUT2D eigenvalue weighted by molar-refractivity contribution is 7.89. The van der Waals surface area contributed by atoms with Crippen molar-refractivity contribution in [2.75, 3.05) is 26.2 Å². The number of carboxylic acid groups (broad SMARTS) is 1. The van der Waals surface area contributed by atoms with E-state index in [0.717, 1.165) is 25.0 Å². The summed E-state index contributed by atoms with van der Waals surface area (Å²) in [4.78, 5) is 25.8. The smallest absolute Gasteiger partial charge is 0.307 e. The Labute approximate surface area is 157 Å². The molecule has 148 valence electrons. The van der Waals surface area contributed by atoms with Crippen LogP contribution in [0.1, 0.15) is 25.7 Å². The molecule has 1 aromatic carbocycles. The summed E-state index contributed by atoms with van der Waals surface area (Å²) < 4.78 is 39.6. The van der Waals surface area contributed by atoms with E-state index in [4.69, 9.17) is 0 Å². The van der Waals surface area contributed by atoms with Crippen molar-refractivity contribution in [3.8, 4) is 0 Å². The second kappa shape index (κ2) is 7.93. The quantitative estimate of drug-likeness (QED) is 0.830. The summed E-state index contributed by atoms with van der Waals surface area (Å²) in [5.41, 5.74) is 0. The van der Waals surface area contributed by atoms with Gasteiger partial charge in [-0.05, 0) is 37.1 Å². The van der Waals surface area contributed by atoms with Crippen molar-refractivity contribution in [1.29, 1.82) is 0 Å². The summed E-state index contributed by atoms with van der Waals surface area (Å²) in [6.45, 7) is 0.718. The Kier molecular flexibility index (Phi) is 5.81. The SMILES string of the molecule is O=C(O)[C@H]1CCCC[C@H]1C(=O)N1CCN(S(=O)(=O)c2ccc(F)cc2)CC1. The molecular weight excluding hydrogens is 375 g/mol. The van der Waals surface area contributed by atoms with Gasteiger partial charge >= 0.3 is 5.97 Å². The molecule has 0 spiro atoms. The molecule has 1 amide bonds. The summed E-state index contributed by atoms with van der Waals surface area (Å²) in [6, 6.07) is 4.65. The standard InChI is InChI=1S/C18H23FN2O5S/c19-13-5-7-14(8-6-13)27(25,26)21-11-9-20(10-12-21)17(22)15-3-1-2-4-16(15)18(23)24/h5-8,15-16H,1-4,9-12H2,(H,23,24)/t15-,16+/m1/s1. The minimum Gasteiger partial charge on any atom is -0.481 e. The van der Waals surface area contributed by atoms with Gasteiger partial charge in [-0.25, -0.2) is 12.8 Å². The van der Waals surface area contributed by atoms with Crippen LogP contribution in [0, 0.1) is 17.7 Å². The van der Waals surface area contributed by atoms with Crippen molar-refractivity contribution in [3.05, 3.63) is 30.1 Å². The van der Waals surface area contributed by atoms with Crippen LogP contribution in [-0.2, 0) is 19.6 Å². The Morgan fingerprint density at radius 1 is 0.963 bits per heavy atom. The number of sulfonamides is 1. The van der Waals surface area contributed by atoms with Crippen molar-refractivity contribution >= 4 is 21.9 Å². The Bertz CT molecular complexity index is 804. The number of rotatable bonds is 4. The first kappa shape index (κ1) is 19.8. The van der Waals surface area contributed by atoms with Crippen LogP contribution in [0.25, 0.3) is 0 Å². The minimum atomic E-state index is -3.74. The van der Waals surface area contributed by atoms with Gasteiger partial charge in [0.2, 0.25) is 15.9 Å². The molecule has 1 heterocycles. The van der Waals surface area contributed by atoms with E-state index in [2.05, 4.69) is 0 Å². The van der Waals surface area contributed by atoms with Gasteiger partial charge in [0.1, 0.15) is 5.82 Å². The van der Waals surface area contributed by atoms with E-state index < -0.39 is 33.6 Å². The van der Waals surface area contributed by atoms with Crippen LogP contribution in [0.15, 0.2) is 29.2 Å². The Morgan fingerprint density at radius 2 is 1.52 bits per heavy atom. The van der Waals surface area contributed by atoms with Gasteiger partial charge in [0.15, 0.2) is 0 Å². The topological polar surface area (TPSA) is 95.0 Å². The number of aliphatic carboxylic acids is 1. The molecule has 1 aliphatic heterocycles. The summed E-state index contributed by atoms with van der Waals surface area (Å²) in [5.74, 6) is -2.83. The normalized spacial score (nSPS) is 24.6. The van der Waals surface area contributed by atoms with E-state index in [1.807, 2.05) is 0 Å². The monoisotopic (exact) mass is 398 g/mol. The lowest BCUT2D eigenvalue weighted by Crippen LogP contribution is -2.53. The number of carbonyl (C=O) groups is 2. The zero-order valence-electron chi connectivity index (χ0n) is 14.9. The fraction of sp³-hybridized carbons (Fsp3) is 0.556. The fourth-order valence-electron chi connectivity index (χ4n) is 3.86. The average molecular weight is 398 g/mol. The molecule has 0 unspecified atom stereocenters. The highest BCUT2D eigenvalue weighted by Crippen LogP contribution is 2.32. The summed E-state index contributed by atoms with van der Waals surface area (Å²) in [7, 11) is -3.74. The van der Waals surface area contributed by atoms with Crippen molar-refractivity contribution in [3.63, 3.8) is 0 Å². The maximum absolute atomic E-state index is 13.0. The second-order valence-corrected chi connectivity index (χ2v) is 8.96. The number of hydrogen-bond donors (Lipinski definition) is 1. The average Bonchev–Trinajstić information content (AvgIpc) is 2.68. The predicted molar refractivity (Wildman–Crippen MR) is 94.8 cm³/mol. The van der Waals surface area contributed by atoms with Crippen molar-refractivity contribution < 1.29 is 27.5 Å². The van der Waals surface area contributed by atoms with Crippen molar-refractivity contribution in [2.24, 2.45) is 11.8 Å². The van der Waals surface area contributed by atoms with E-state index >= 15 is 0 Å². The Hall–Kier alpha value is -2.00. The van der Waals surface area contributed by atoms with Crippen LogP contribution >= 0.6 is 0 Å². The zero-order chi connectivity index (χ0) is 19.6. The molecule has 0 bridgehead atoms. The molecule has 1 aromatic rings. The molecule has 0 radical (unpaired) electrons. The first-order valence-corrected chi connectivity index (χ1v) is 10.5. The number of benzene rings is 1. The maximum Gasteiger partial charge on any atom is 0.307 e. The fourth-order valence-corrected chi connectivity index (χ4v) is 5.28. The molecule has 1 N–H and O–H groups in total. The van der Waals surface area contributed by atoms with Crippen molar-refractivity contribution in [2.45, 2.75) is 30.6 Å². The van der Waals surface area contributed by atoms with Gasteiger partial charge in [0.25, 0.3) is 0 Å². The highest BCUT2D eigenvalue weighted by atomic mass is 32.2. The second-order valence-electron chi connectivity index (χ2n) is 7.02. The van der Waals surface area contributed by atoms with Crippen LogP contribution in [-0.4, -0.2) is 60.8 Å². The molecule has 9 heteroatoms. The third kappa shape index (κ3) is 4.14.